The molecule has 2 rings (SSSR count). The van der Waals surface area contributed by atoms with Crippen LogP contribution in [0.15, 0.2) is 29.1 Å². The number of pyridine rings is 1. The van der Waals surface area contributed by atoms with Crippen LogP contribution in [0.4, 0.5) is 0 Å². The van der Waals surface area contributed by atoms with Gasteiger partial charge in [0.05, 0.1) is 21.1 Å². The van der Waals surface area contributed by atoms with Crippen LogP contribution in [-0.4, -0.2) is 30.6 Å². The zero-order valence-electron chi connectivity index (χ0n) is 11.2. The minimum atomic E-state index is 0. The summed E-state index contributed by atoms with van der Waals surface area (Å²) in [6, 6.07) is 7.80. The van der Waals surface area contributed by atoms with Gasteiger partial charge in [-0.1, -0.05) is 18.2 Å². The second-order valence-corrected chi connectivity index (χ2v) is 5.55. The molecular weight excluding hydrogens is 339 g/mol. The fourth-order valence-corrected chi connectivity index (χ4v) is 2.14. The second kappa shape index (κ2) is 5.40. The first kappa shape index (κ1) is 15.2. The molecule has 0 saturated heterocycles. The second-order valence-electron chi connectivity index (χ2n) is 5.55. The van der Waals surface area contributed by atoms with Crippen molar-refractivity contribution in [3.8, 4) is 0 Å². The number of halogens is 1. The van der Waals surface area contributed by atoms with Gasteiger partial charge in [0.1, 0.15) is 6.54 Å². The van der Waals surface area contributed by atoms with Gasteiger partial charge in [0, 0.05) is 16.6 Å². The summed E-state index contributed by atoms with van der Waals surface area (Å²) in [6.07, 6.45) is 0. The summed E-state index contributed by atoms with van der Waals surface area (Å²) in [7, 11) is 6.46. The average Bonchev–Trinajstić information content (AvgIpc) is 2.23. The van der Waals surface area contributed by atoms with E-state index in [1.54, 1.807) is 0 Å². The van der Waals surface area contributed by atoms with Crippen molar-refractivity contribution >= 4 is 10.8 Å². The molecule has 1 aromatic carbocycles. The summed E-state index contributed by atoms with van der Waals surface area (Å²) in [6.45, 7) is 2.88. The maximum Gasteiger partial charge on any atom is 0.256 e. The Morgan fingerprint density at radius 2 is 1.67 bits per heavy atom. The molecule has 0 aliphatic rings. The maximum absolute atomic E-state index is 11.9. The molecule has 3 nitrogen and oxygen atoms in total. The van der Waals surface area contributed by atoms with Crippen molar-refractivity contribution in [3.63, 3.8) is 0 Å². The van der Waals surface area contributed by atoms with Crippen molar-refractivity contribution < 1.29 is 28.5 Å². The van der Waals surface area contributed by atoms with Crippen LogP contribution in [0.25, 0.3) is 10.8 Å². The molecule has 0 aliphatic heterocycles. The molecule has 1 heterocycles. The number of nitrogens with zero attached hydrogens (tertiary/aromatic N) is 1. The van der Waals surface area contributed by atoms with Gasteiger partial charge in [-0.25, -0.2) is 0 Å². The van der Waals surface area contributed by atoms with E-state index in [-0.39, 0.29) is 29.5 Å². The van der Waals surface area contributed by atoms with Crippen LogP contribution in [0.1, 0.15) is 11.3 Å². The molecule has 4 heteroatoms. The van der Waals surface area contributed by atoms with Crippen molar-refractivity contribution in [3.05, 3.63) is 45.9 Å². The van der Waals surface area contributed by atoms with Gasteiger partial charge in [0.25, 0.3) is 5.56 Å². The van der Waals surface area contributed by atoms with Crippen LogP contribution < -0.4 is 29.5 Å². The topological polar surface area (TPSA) is 32.9 Å². The van der Waals surface area contributed by atoms with Crippen LogP contribution in [0.3, 0.4) is 0 Å². The summed E-state index contributed by atoms with van der Waals surface area (Å²) in [5.41, 5.74) is 2.21. The Kier molecular flexibility index (Phi) is 4.55. The largest absolute Gasteiger partial charge is 1.00 e. The number of benzene rings is 1. The molecule has 0 unspecified atom stereocenters. The van der Waals surface area contributed by atoms with Gasteiger partial charge in [0.2, 0.25) is 0 Å². The van der Waals surface area contributed by atoms with Crippen LogP contribution in [-0.2, 0) is 6.54 Å². The molecule has 0 radical (unpaired) electrons. The molecule has 18 heavy (non-hydrogen) atoms. The van der Waals surface area contributed by atoms with Crippen molar-refractivity contribution in [2.24, 2.45) is 0 Å². The first-order valence-corrected chi connectivity index (χ1v) is 5.79. The molecule has 98 valence electrons. The highest BCUT2D eigenvalue weighted by Gasteiger charge is 2.15. The summed E-state index contributed by atoms with van der Waals surface area (Å²) >= 11 is 0. The third-order valence-electron chi connectivity index (χ3n) is 2.88. The minimum absolute atomic E-state index is 0. The molecule has 0 aliphatic carbocycles. The summed E-state index contributed by atoms with van der Waals surface area (Å²) < 4.78 is 0.844. The minimum Gasteiger partial charge on any atom is -1.00 e. The zero-order valence-corrected chi connectivity index (χ0v) is 13.4. The number of aromatic nitrogens is 1. The normalized spacial score (nSPS) is 11.3. The van der Waals surface area contributed by atoms with Crippen molar-refractivity contribution in [2.75, 3.05) is 21.1 Å². The Balaban J connectivity index is 0.00000162. The Morgan fingerprint density at radius 1 is 1.11 bits per heavy atom. The monoisotopic (exact) mass is 358 g/mol. The van der Waals surface area contributed by atoms with Gasteiger partial charge in [-0.3, -0.25) is 4.79 Å². The van der Waals surface area contributed by atoms with Gasteiger partial charge in [-0.15, -0.1) is 0 Å². The highest BCUT2D eigenvalue weighted by Crippen LogP contribution is 2.20. The number of aryl methyl sites for hydroxylation is 1. The van der Waals surface area contributed by atoms with Crippen LogP contribution >= 0.6 is 0 Å². The number of quaternary nitrogens is 1. The Labute approximate surface area is 124 Å². The molecule has 0 saturated carbocycles. The van der Waals surface area contributed by atoms with E-state index in [1.807, 2.05) is 31.2 Å². The third kappa shape index (κ3) is 3.11. The van der Waals surface area contributed by atoms with E-state index in [2.05, 4.69) is 26.1 Å². The quantitative estimate of drug-likeness (QED) is 0.545. The van der Waals surface area contributed by atoms with Crippen LogP contribution in [0, 0.1) is 6.92 Å². The average molecular weight is 358 g/mol. The molecular formula is C14H19IN2O. The predicted molar refractivity (Wildman–Crippen MR) is 71.0 cm³/mol. The Bertz CT molecular complexity index is 611. The summed E-state index contributed by atoms with van der Waals surface area (Å²) in [4.78, 5) is 14.8. The fourth-order valence-electron chi connectivity index (χ4n) is 2.14. The van der Waals surface area contributed by atoms with Crippen molar-refractivity contribution in [1.29, 1.82) is 0 Å². The molecule has 0 atom stereocenters. The van der Waals surface area contributed by atoms with Crippen LogP contribution in [0.5, 0.6) is 0 Å². The SMILES string of the molecule is Cc1[nH]c(=O)c2ccccc2c1C[N+](C)(C)C.[I-]. The third-order valence-corrected chi connectivity index (χ3v) is 2.88. The first-order valence-electron chi connectivity index (χ1n) is 5.79. The molecule has 0 amide bonds. The number of aromatic amines is 1. The lowest BCUT2D eigenvalue weighted by atomic mass is 10.0. The van der Waals surface area contributed by atoms with Crippen molar-refractivity contribution in [2.45, 2.75) is 13.5 Å². The summed E-state index contributed by atoms with van der Waals surface area (Å²) in [5, 5.41) is 1.85. The van der Waals surface area contributed by atoms with E-state index in [0.29, 0.717) is 0 Å². The van der Waals surface area contributed by atoms with Gasteiger partial charge in [-0.05, 0) is 18.4 Å². The highest BCUT2D eigenvalue weighted by molar-refractivity contribution is 5.85. The maximum atomic E-state index is 11.9. The number of rotatable bonds is 2. The predicted octanol–water partition coefficient (Wildman–Crippen LogP) is -0.953. The number of fused-ring (bicyclic) bond motifs is 1. The Hall–Kier alpha value is -0.880. The van der Waals surface area contributed by atoms with Gasteiger partial charge in [-0.2, -0.15) is 0 Å². The van der Waals surface area contributed by atoms with Crippen LogP contribution in [0.2, 0.25) is 0 Å². The van der Waals surface area contributed by atoms with E-state index in [1.165, 1.54) is 5.56 Å². The lowest BCUT2D eigenvalue weighted by Gasteiger charge is -2.25. The van der Waals surface area contributed by atoms with Gasteiger partial charge in [0.15, 0.2) is 0 Å². The molecule has 0 fully saturated rings. The number of hydrogen-bond donors (Lipinski definition) is 1. The lowest BCUT2D eigenvalue weighted by molar-refractivity contribution is -0.883. The Morgan fingerprint density at radius 3 is 2.22 bits per heavy atom. The zero-order chi connectivity index (χ0) is 12.6. The smallest absolute Gasteiger partial charge is 0.256 e. The summed E-state index contributed by atoms with van der Waals surface area (Å²) in [5.74, 6) is 0. The molecule has 1 aromatic heterocycles. The van der Waals surface area contributed by atoms with Gasteiger partial charge >= 0.3 is 0 Å². The van der Waals surface area contributed by atoms with E-state index >= 15 is 0 Å². The molecule has 0 bridgehead atoms. The fraction of sp³-hybridized carbons (Fsp3) is 0.357. The number of hydrogen-bond acceptors (Lipinski definition) is 1. The molecule has 1 N–H and O–H groups in total. The highest BCUT2D eigenvalue weighted by atomic mass is 127. The van der Waals surface area contributed by atoms with E-state index in [4.69, 9.17) is 0 Å². The lowest BCUT2D eigenvalue weighted by Crippen LogP contribution is -3.00. The standard InChI is InChI=1S/C14H18N2O.HI/c1-10-13(9-16(2,3)4)11-7-5-6-8-12(11)14(17)15-10;/h5-8H,9H2,1-4H3;1H. The van der Waals surface area contributed by atoms with E-state index < -0.39 is 0 Å². The number of H-pyrrole nitrogens is 1. The molecule has 0 spiro atoms. The van der Waals surface area contributed by atoms with E-state index in [0.717, 1.165) is 27.5 Å². The number of nitrogens with one attached hydrogen (secondary N) is 1. The molecule has 2 aromatic rings. The van der Waals surface area contributed by atoms with E-state index in [9.17, 15) is 4.79 Å². The first-order chi connectivity index (χ1) is 7.88. The van der Waals surface area contributed by atoms with Crippen molar-refractivity contribution in [1.82, 2.24) is 4.98 Å². The van der Waals surface area contributed by atoms with Gasteiger partial charge < -0.3 is 33.4 Å².